The van der Waals surface area contributed by atoms with Crippen LogP contribution in [0.5, 0.6) is 5.75 Å². The molecule has 9 heteroatoms. The molecule has 1 saturated heterocycles. The van der Waals surface area contributed by atoms with Crippen LogP contribution in [0.3, 0.4) is 0 Å². The Morgan fingerprint density at radius 2 is 2.03 bits per heavy atom. The number of hydrogen-bond acceptors (Lipinski definition) is 8. The fraction of sp³-hybridized carbons (Fsp3) is 0.536. The van der Waals surface area contributed by atoms with Crippen LogP contribution in [-0.4, -0.2) is 53.7 Å². The third-order valence-electron chi connectivity index (χ3n) is 7.02. The number of rotatable bonds is 13. The van der Waals surface area contributed by atoms with Gasteiger partial charge in [-0.25, -0.2) is 9.69 Å². The maximum atomic E-state index is 14.1. The van der Waals surface area contributed by atoms with Crippen LogP contribution in [0.1, 0.15) is 68.4 Å². The number of aryl methyl sites for hydroxylation is 1. The highest BCUT2D eigenvalue weighted by Crippen LogP contribution is 2.40. The van der Waals surface area contributed by atoms with Gasteiger partial charge in [-0.1, -0.05) is 48.3 Å². The molecule has 1 saturated carbocycles. The fourth-order valence-electron chi connectivity index (χ4n) is 4.93. The number of hydroxylamine groups is 2. The number of allylic oxidation sites excluding steroid dienone is 2. The molecule has 37 heavy (non-hydrogen) atoms. The largest absolute Gasteiger partial charge is 0.622 e. The first-order valence-electron chi connectivity index (χ1n) is 13.3. The van der Waals surface area contributed by atoms with Gasteiger partial charge in [0, 0.05) is 12.5 Å². The number of quaternary nitrogens is 1. The Labute approximate surface area is 223 Å². The number of ether oxygens (including phenoxy) is 2. The summed E-state index contributed by atoms with van der Waals surface area (Å²) >= 11 is 1.37. The molecule has 2 unspecified atom stereocenters. The first-order valence-corrected chi connectivity index (χ1v) is 14.1. The van der Waals surface area contributed by atoms with Crippen LogP contribution in [0.25, 0.3) is 0 Å². The molecular weight excluding hydrogens is 488 g/mol. The third kappa shape index (κ3) is 7.25. The van der Waals surface area contributed by atoms with E-state index in [4.69, 9.17) is 9.47 Å². The Balaban J connectivity index is 1.35. The lowest BCUT2D eigenvalue weighted by atomic mass is 10.1. The second-order valence-electron chi connectivity index (χ2n) is 9.83. The van der Waals surface area contributed by atoms with Gasteiger partial charge >= 0.3 is 11.1 Å². The molecule has 0 amide bonds. The van der Waals surface area contributed by atoms with E-state index in [-0.39, 0.29) is 13.3 Å². The van der Waals surface area contributed by atoms with Crippen molar-refractivity contribution in [3.05, 3.63) is 64.9 Å². The average molecular weight is 527 g/mol. The third-order valence-corrected chi connectivity index (χ3v) is 8.21. The number of aromatic nitrogens is 2. The quantitative estimate of drug-likeness (QED) is 0.109. The maximum Gasteiger partial charge on any atom is 0.348 e. The monoisotopic (exact) mass is 526 g/mol. The summed E-state index contributed by atoms with van der Waals surface area (Å²) in [6, 6.07) is 7.76. The van der Waals surface area contributed by atoms with Crippen molar-refractivity contribution in [2.24, 2.45) is 0 Å². The van der Waals surface area contributed by atoms with Crippen molar-refractivity contribution in [1.29, 1.82) is 0 Å². The molecule has 0 spiro atoms. The van der Waals surface area contributed by atoms with Crippen LogP contribution in [-0.2, 0) is 16.0 Å². The van der Waals surface area contributed by atoms with Crippen LogP contribution in [0.15, 0.2) is 49.1 Å². The summed E-state index contributed by atoms with van der Waals surface area (Å²) in [7, 11) is 0. The molecule has 200 valence electrons. The smallest absolute Gasteiger partial charge is 0.348 e. The summed E-state index contributed by atoms with van der Waals surface area (Å²) in [4.78, 5) is 14.7. The molecule has 1 aliphatic carbocycles. The number of hydrogen-bond donors (Lipinski definition) is 0. The van der Waals surface area contributed by atoms with Gasteiger partial charge in [0.2, 0.25) is 0 Å². The zero-order valence-electron chi connectivity index (χ0n) is 21.7. The molecule has 4 rings (SSSR count). The number of carbonyl (C=O) groups is 1. The van der Waals surface area contributed by atoms with Gasteiger partial charge in [-0.15, -0.1) is 11.7 Å². The highest BCUT2D eigenvalue weighted by molar-refractivity contribution is 7.15. The van der Waals surface area contributed by atoms with E-state index >= 15 is 0 Å². The van der Waals surface area contributed by atoms with E-state index in [1.165, 1.54) is 29.7 Å². The van der Waals surface area contributed by atoms with Crippen molar-refractivity contribution < 1.29 is 14.3 Å². The Hall–Kier alpha value is -2.59. The number of benzene rings is 1. The highest BCUT2D eigenvalue weighted by atomic mass is 32.1. The number of unbranched alkanes of at least 4 members (excludes halogenated alkanes) is 1. The second kappa shape index (κ2) is 13.3. The standard InChI is InChI=1S/C28H38N4O4S/c1-3-5-7-8-11-22-14-16-24(17-15-22)35-20-26(33)36-25-19-31(18-6-4-2)21-32(25,34)28-30-29-27(37-28)23-12-9-10-13-23/h3-5,14-17,23,25H,2,6-13,18-21H2,1H3. The first-order chi connectivity index (χ1) is 18.0. The number of esters is 1. The van der Waals surface area contributed by atoms with Gasteiger partial charge in [0.25, 0.3) is 6.23 Å². The van der Waals surface area contributed by atoms with Crippen molar-refractivity contribution in [2.75, 3.05) is 26.4 Å². The molecule has 0 bridgehead atoms. The van der Waals surface area contributed by atoms with E-state index in [1.54, 1.807) is 0 Å². The molecule has 1 aromatic heterocycles. The average Bonchev–Trinajstić information content (AvgIpc) is 3.66. The van der Waals surface area contributed by atoms with Gasteiger partial charge in [-0.3, -0.25) is 4.65 Å². The molecule has 2 atom stereocenters. The fourth-order valence-corrected chi connectivity index (χ4v) is 6.01. The Bertz CT molecular complexity index is 1050. The van der Waals surface area contributed by atoms with E-state index in [0.29, 0.717) is 29.9 Å². The van der Waals surface area contributed by atoms with Crippen LogP contribution < -0.4 is 9.38 Å². The molecule has 0 N–H and O–H groups in total. The van der Waals surface area contributed by atoms with Crippen molar-refractivity contribution in [3.63, 3.8) is 0 Å². The van der Waals surface area contributed by atoms with E-state index in [0.717, 1.165) is 43.5 Å². The van der Waals surface area contributed by atoms with E-state index < -0.39 is 16.8 Å². The molecule has 2 heterocycles. The molecule has 0 radical (unpaired) electrons. The first kappa shape index (κ1) is 27.4. The lowest BCUT2D eigenvalue weighted by Crippen LogP contribution is -2.51. The minimum Gasteiger partial charge on any atom is -0.622 e. The van der Waals surface area contributed by atoms with E-state index in [9.17, 15) is 10.0 Å². The predicted molar refractivity (Wildman–Crippen MR) is 147 cm³/mol. The Morgan fingerprint density at radius 3 is 2.76 bits per heavy atom. The van der Waals surface area contributed by atoms with Gasteiger partial charge in [-0.05, 0) is 74.5 Å². The molecule has 1 aromatic carbocycles. The topological polar surface area (TPSA) is 87.6 Å². The van der Waals surface area contributed by atoms with Crippen molar-refractivity contribution in [3.8, 4) is 5.75 Å². The van der Waals surface area contributed by atoms with Gasteiger partial charge < -0.3 is 14.7 Å². The van der Waals surface area contributed by atoms with Crippen LogP contribution >= 0.6 is 11.3 Å². The lowest BCUT2D eigenvalue weighted by Gasteiger charge is -2.38. The van der Waals surface area contributed by atoms with Crippen molar-refractivity contribution in [1.82, 2.24) is 19.7 Å². The lowest BCUT2D eigenvalue weighted by molar-refractivity contribution is -0.155. The van der Waals surface area contributed by atoms with Crippen molar-refractivity contribution >= 4 is 22.4 Å². The minimum absolute atomic E-state index is 0.168. The Morgan fingerprint density at radius 1 is 1.24 bits per heavy atom. The summed E-state index contributed by atoms with van der Waals surface area (Å²) in [5.41, 5.74) is 1.23. The van der Waals surface area contributed by atoms with Gasteiger partial charge in [0.1, 0.15) is 17.4 Å². The van der Waals surface area contributed by atoms with Gasteiger partial charge in [0.15, 0.2) is 6.61 Å². The maximum absolute atomic E-state index is 14.1. The molecule has 1 aliphatic heterocycles. The second-order valence-corrected chi connectivity index (χ2v) is 10.8. The Kier molecular flexibility index (Phi) is 9.85. The van der Waals surface area contributed by atoms with Crippen LogP contribution in [0.2, 0.25) is 0 Å². The predicted octanol–water partition coefficient (Wildman–Crippen LogP) is 5.70. The normalized spacial score (nSPS) is 22.6. The summed E-state index contributed by atoms with van der Waals surface area (Å²) in [5.74, 6) is 0.414. The van der Waals surface area contributed by atoms with E-state index in [2.05, 4.69) is 28.9 Å². The van der Waals surface area contributed by atoms with Gasteiger partial charge in [0.05, 0.1) is 6.54 Å². The minimum atomic E-state index is -0.912. The zero-order valence-corrected chi connectivity index (χ0v) is 22.5. The summed E-state index contributed by atoms with van der Waals surface area (Å²) in [5, 5.41) is 24.0. The summed E-state index contributed by atoms with van der Waals surface area (Å²) in [6.07, 6.45) is 13.6. The number of carbonyl (C=O) groups excluding carboxylic acids is 1. The highest BCUT2D eigenvalue weighted by Gasteiger charge is 2.46. The van der Waals surface area contributed by atoms with Crippen LogP contribution in [0.4, 0.5) is 5.13 Å². The van der Waals surface area contributed by atoms with Crippen molar-refractivity contribution in [2.45, 2.75) is 70.4 Å². The zero-order chi connectivity index (χ0) is 26.1. The summed E-state index contributed by atoms with van der Waals surface area (Å²) in [6.45, 7) is 6.73. The number of nitrogens with zero attached hydrogens (tertiary/aromatic N) is 4. The van der Waals surface area contributed by atoms with E-state index in [1.807, 2.05) is 42.2 Å². The summed E-state index contributed by atoms with van der Waals surface area (Å²) < 4.78 is 10.6. The van der Waals surface area contributed by atoms with Gasteiger partial charge in [-0.2, -0.15) is 0 Å². The molecule has 8 nitrogen and oxygen atoms in total. The molecule has 2 aliphatic rings. The SMILES string of the molecule is C=CCCN1CC(OC(=O)COc2ccc(CCCC=CC)cc2)[N+]([O-])(c2nnc(C3CCCC3)s2)C1. The molecular formula is C28H38N4O4S. The molecule has 2 fully saturated rings. The molecule has 2 aromatic rings. The van der Waals surface area contributed by atoms with Crippen LogP contribution in [0, 0.1) is 5.21 Å².